The molecule has 0 aliphatic rings. The second-order valence-corrected chi connectivity index (χ2v) is 8.25. The van der Waals surface area contributed by atoms with Gasteiger partial charge in [-0.3, -0.25) is 14.9 Å². The van der Waals surface area contributed by atoms with Crippen molar-refractivity contribution < 1.29 is 18.8 Å². The molecule has 0 bridgehead atoms. The molecule has 5 aromatic rings. The van der Waals surface area contributed by atoms with Crippen LogP contribution in [-0.2, 0) is 0 Å². The van der Waals surface area contributed by atoms with E-state index in [1.54, 1.807) is 62.6 Å². The summed E-state index contributed by atoms with van der Waals surface area (Å²) in [7, 11) is 1.55. The van der Waals surface area contributed by atoms with Crippen molar-refractivity contribution in [3.05, 3.63) is 91.7 Å². The van der Waals surface area contributed by atoms with Gasteiger partial charge in [0.25, 0.3) is 5.56 Å². The first-order valence-electron chi connectivity index (χ1n) is 11.1. The zero-order valence-corrected chi connectivity index (χ0v) is 20.4. The molecule has 2 aromatic heterocycles. The van der Waals surface area contributed by atoms with Crippen molar-refractivity contribution >= 4 is 45.4 Å². The number of benzene rings is 3. The van der Waals surface area contributed by atoms with Crippen molar-refractivity contribution in [3.8, 4) is 23.1 Å². The van der Waals surface area contributed by atoms with Crippen molar-refractivity contribution in [2.45, 2.75) is 6.92 Å². The fourth-order valence-corrected chi connectivity index (χ4v) is 4.21. The minimum atomic E-state index is -0.592. The smallest absolute Gasteiger partial charge is 0.313 e. The largest absolute Gasteiger partial charge is 0.496 e. The molecule has 37 heavy (non-hydrogen) atoms. The third-order valence-electron chi connectivity index (χ3n) is 5.57. The second-order valence-electron chi connectivity index (χ2n) is 7.84. The maximum Gasteiger partial charge on any atom is 0.313 e. The summed E-state index contributed by atoms with van der Waals surface area (Å²) < 4.78 is 17.8. The molecule has 0 radical (unpaired) electrons. The van der Waals surface area contributed by atoms with Gasteiger partial charge in [-0.15, -0.1) is 0 Å². The summed E-state index contributed by atoms with van der Waals surface area (Å²) in [5.74, 6) is 0.995. The van der Waals surface area contributed by atoms with Gasteiger partial charge in [-0.2, -0.15) is 9.78 Å². The SMILES string of the molecule is CCOc1c(Cl)cc(C=Nn2c(-c3cc4c(OC)cccc4o3)nc3ccccc3c2=O)cc1[N+](=O)[O-]. The van der Waals surface area contributed by atoms with Crippen molar-refractivity contribution in [3.63, 3.8) is 0 Å². The number of nitro benzene ring substituents is 1. The highest BCUT2D eigenvalue weighted by molar-refractivity contribution is 6.32. The summed E-state index contributed by atoms with van der Waals surface area (Å²) in [5, 5.41) is 17.0. The number of aromatic nitrogens is 2. The molecule has 0 saturated heterocycles. The van der Waals surface area contributed by atoms with Crippen LogP contribution < -0.4 is 15.0 Å². The van der Waals surface area contributed by atoms with Gasteiger partial charge in [-0.05, 0) is 43.3 Å². The Morgan fingerprint density at radius 3 is 2.73 bits per heavy atom. The highest BCUT2D eigenvalue weighted by Gasteiger charge is 2.21. The van der Waals surface area contributed by atoms with Gasteiger partial charge in [-0.25, -0.2) is 4.98 Å². The Bertz CT molecular complexity index is 1760. The van der Waals surface area contributed by atoms with Crippen LogP contribution in [0.1, 0.15) is 12.5 Å². The molecule has 3 aromatic carbocycles. The van der Waals surface area contributed by atoms with Gasteiger partial charge in [0.15, 0.2) is 5.76 Å². The number of nitrogens with zero attached hydrogens (tertiary/aromatic N) is 4. The van der Waals surface area contributed by atoms with Crippen LogP contribution in [0.5, 0.6) is 11.5 Å². The molecule has 10 nitrogen and oxygen atoms in total. The summed E-state index contributed by atoms with van der Waals surface area (Å²) in [4.78, 5) is 29.1. The molecule has 11 heteroatoms. The number of methoxy groups -OCH3 is 1. The first kappa shape index (κ1) is 24.0. The standard InChI is InChI=1S/C26H19ClN4O6/c1-3-36-24-18(27)11-15(12-20(24)31(33)34)14-28-30-25(29-19-8-5-4-7-16(19)26(30)32)23-13-17-21(35-2)9-6-10-22(17)37-23/h4-14H,3H2,1-2H3. The normalized spacial score (nSPS) is 11.4. The van der Waals surface area contributed by atoms with Crippen molar-refractivity contribution in [1.82, 2.24) is 9.66 Å². The first-order chi connectivity index (χ1) is 17.9. The Labute approximate surface area is 214 Å². The third-order valence-corrected chi connectivity index (χ3v) is 5.85. The minimum absolute atomic E-state index is 0.0345. The number of para-hydroxylation sites is 1. The van der Waals surface area contributed by atoms with Crippen LogP contribution in [0.4, 0.5) is 5.69 Å². The van der Waals surface area contributed by atoms with Gasteiger partial charge >= 0.3 is 5.69 Å². The Morgan fingerprint density at radius 2 is 1.97 bits per heavy atom. The topological polar surface area (TPSA) is 122 Å². The van der Waals surface area contributed by atoms with Gasteiger partial charge in [0.05, 0.1) is 46.2 Å². The van der Waals surface area contributed by atoms with E-state index in [1.165, 1.54) is 18.3 Å². The lowest BCUT2D eigenvalue weighted by molar-refractivity contribution is -0.385. The molecule has 0 unspecified atom stereocenters. The molecule has 0 amide bonds. The van der Waals surface area contributed by atoms with Gasteiger partial charge in [0.2, 0.25) is 11.6 Å². The fourth-order valence-electron chi connectivity index (χ4n) is 3.93. The Balaban J connectivity index is 1.70. The average molecular weight is 519 g/mol. The van der Waals surface area contributed by atoms with E-state index in [-0.39, 0.29) is 40.2 Å². The zero-order chi connectivity index (χ0) is 26.1. The van der Waals surface area contributed by atoms with Crippen LogP contribution in [0.15, 0.2) is 75.0 Å². The van der Waals surface area contributed by atoms with Crippen LogP contribution in [0.2, 0.25) is 5.02 Å². The van der Waals surface area contributed by atoms with Gasteiger partial charge in [0.1, 0.15) is 11.3 Å². The molecule has 0 aliphatic carbocycles. The molecule has 0 atom stereocenters. The molecule has 186 valence electrons. The van der Waals surface area contributed by atoms with Crippen molar-refractivity contribution in [1.29, 1.82) is 0 Å². The minimum Gasteiger partial charge on any atom is -0.496 e. The van der Waals surface area contributed by atoms with Crippen LogP contribution in [0.25, 0.3) is 33.5 Å². The van der Waals surface area contributed by atoms with Crippen LogP contribution >= 0.6 is 11.6 Å². The number of hydrogen-bond donors (Lipinski definition) is 0. The molecule has 0 N–H and O–H groups in total. The summed E-state index contributed by atoms with van der Waals surface area (Å²) in [5.41, 5.74) is 0.528. The van der Waals surface area contributed by atoms with Crippen molar-refractivity contribution in [2.75, 3.05) is 13.7 Å². The zero-order valence-electron chi connectivity index (χ0n) is 19.7. The highest BCUT2D eigenvalue weighted by Crippen LogP contribution is 2.36. The summed E-state index contributed by atoms with van der Waals surface area (Å²) >= 11 is 6.25. The number of fused-ring (bicyclic) bond motifs is 2. The maximum atomic E-state index is 13.5. The lowest BCUT2D eigenvalue weighted by atomic mass is 10.2. The first-order valence-corrected chi connectivity index (χ1v) is 11.5. The molecular weight excluding hydrogens is 500 g/mol. The molecule has 0 saturated carbocycles. The van der Waals surface area contributed by atoms with E-state index < -0.39 is 10.5 Å². The Hall–Kier alpha value is -4.70. The van der Waals surface area contributed by atoms with E-state index >= 15 is 0 Å². The predicted octanol–water partition coefficient (Wildman–Crippen LogP) is 5.66. The van der Waals surface area contributed by atoms with E-state index in [4.69, 9.17) is 25.5 Å². The van der Waals surface area contributed by atoms with Gasteiger partial charge in [-0.1, -0.05) is 29.8 Å². The molecule has 5 rings (SSSR count). The monoisotopic (exact) mass is 518 g/mol. The Kier molecular flexibility index (Phi) is 6.33. The molecule has 0 fully saturated rings. The van der Waals surface area contributed by atoms with Gasteiger partial charge < -0.3 is 13.9 Å². The number of hydrogen-bond acceptors (Lipinski definition) is 8. The second kappa shape index (κ2) is 9.75. The van der Waals surface area contributed by atoms with E-state index in [0.29, 0.717) is 27.6 Å². The maximum absolute atomic E-state index is 13.5. The average Bonchev–Trinajstić information content (AvgIpc) is 3.33. The van der Waals surface area contributed by atoms with Crippen LogP contribution in [-0.4, -0.2) is 34.5 Å². The van der Waals surface area contributed by atoms with Crippen molar-refractivity contribution in [2.24, 2.45) is 5.10 Å². The molecule has 0 aliphatic heterocycles. The summed E-state index contributed by atoms with van der Waals surface area (Å²) in [6.07, 6.45) is 1.29. The third kappa shape index (κ3) is 4.38. The molecular formula is C26H19ClN4O6. The Morgan fingerprint density at radius 1 is 1.16 bits per heavy atom. The quantitative estimate of drug-likeness (QED) is 0.155. The summed E-state index contributed by atoms with van der Waals surface area (Å²) in [6.45, 7) is 1.90. The number of ether oxygens (including phenoxy) is 2. The van der Waals surface area contributed by atoms with Crippen LogP contribution in [0.3, 0.4) is 0 Å². The number of halogens is 1. The highest BCUT2D eigenvalue weighted by atomic mass is 35.5. The fraction of sp³-hybridized carbons (Fsp3) is 0.115. The molecule has 2 heterocycles. The van der Waals surface area contributed by atoms with Gasteiger partial charge in [0, 0.05) is 11.6 Å². The number of furan rings is 1. The lowest BCUT2D eigenvalue weighted by Gasteiger charge is -2.08. The van der Waals surface area contributed by atoms with E-state index in [1.807, 2.05) is 0 Å². The van der Waals surface area contributed by atoms with Crippen LogP contribution in [0, 0.1) is 10.1 Å². The molecule has 0 spiro atoms. The predicted molar refractivity (Wildman–Crippen MR) is 140 cm³/mol. The van der Waals surface area contributed by atoms with E-state index in [0.717, 1.165) is 4.68 Å². The number of nitro groups is 1. The summed E-state index contributed by atoms with van der Waals surface area (Å²) in [6, 6.07) is 16.7. The van der Waals surface area contributed by atoms with E-state index in [2.05, 4.69) is 10.1 Å². The van der Waals surface area contributed by atoms with E-state index in [9.17, 15) is 14.9 Å². The lowest BCUT2D eigenvalue weighted by Crippen LogP contribution is -2.20. The number of rotatable bonds is 7.